The number of hydrogen-bond acceptors (Lipinski definition) is 6. The molecule has 2 aliphatic rings. The third kappa shape index (κ3) is 3.99. The third-order valence-electron chi connectivity index (χ3n) is 6.80. The van der Waals surface area contributed by atoms with Gasteiger partial charge in [-0.25, -0.2) is 4.79 Å². The maximum Gasteiger partial charge on any atom is 0.419 e. The lowest BCUT2D eigenvalue weighted by Crippen LogP contribution is -2.32. The van der Waals surface area contributed by atoms with Gasteiger partial charge in [-0.05, 0) is 56.1 Å². The molecule has 2 aromatic heterocycles. The van der Waals surface area contributed by atoms with Crippen molar-refractivity contribution in [3.8, 4) is 0 Å². The Morgan fingerprint density at radius 3 is 2.97 bits per heavy atom. The minimum atomic E-state index is -0.374. The van der Waals surface area contributed by atoms with E-state index < -0.39 is 0 Å². The van der Waals surface area contributed by atoms with Gasteiger partial charge in [-0.3, -0.25) is 24.2 Å². The van der Waals surface area contributed by atoms with Crippen LogP contribution in [0.1, 0.15) is 25.5 Å². The van der Waals surface area contributed by atoms with Gasteiger partial charge in [-0.1, -0.05) is 0 Å². The number of aromatic nitrogens is 3. The quantitative estimate of drug-likeness (QED) is 0.658. The fourth-order valence-electron chi connectivity index (χ4n) is 5.40. The Kier molecular flexibility index (Phi) is 5.31. The molecule has 3 atom stereocenters. The number of aryl methyl sites for hydroxylation is 1. The number of carbonyl (C=O) groups excluding carboxylic acids is 1. The molecule has 0 bridgehead atoms. The average molecular weight is 422 g/mol. The van der Waals surface area contributed by atoms with E-state index in [9.17, 15) is 9.59 Å². The van der Waals surface area contributed by atoms with Crippen LogP contribution < -0.4 is 11.1 Å². The molecular weight excluding hydrogens is 394 g/mol. The van der Waals surface area contributed by atoms with E-state index in [0.29, 0.717) is 42.1 Å². The Balaban J connectivity index is 1.19. The molecule has 3 aromatic rings. The van der Waals surface area contributed by atoms with Crippen LogP contribution in [-0.2, 0) is 17.8 Å². The van der Waals surface area contributed by atoms with Crippen LogP contribution in [0, 0.1) is 17.8 Å². The molecule has 5 rings (SSSR count). The van der Waals surface area contributed by atoms with E-state index >= 15 is 0 Å². The maximum atomic E-state index is 12.7. The molecule has 1 aliphatic heterocycles. The molecule has 0 spiro atoms. The Bertz CT molecular complexity index is 1140. The minimum Gasteiger partial charge on any atom is -0.408 e. The van der Waals surface area contributed by atoms with Gasteiger partial charge < -0.3 is 9.73 Å². The zero-order chi connectivity index (χ0) is 21.4. The number of nitrogens with one attached hydrogen (secondary N) is 1. The Morgan fingerprint density at radius 1 is 1.26 bits per heavy atom. The summed E-state index contributed by atoms with van der Waals surface area (Å²) in [7, 11) is 0. The number of fused-ring (bicyclic) bond motifs is 2. The lowest BCUT2D eigenvalue weighted by Gasteiger charge is -2.20. The van der Waals surface area contributed by atoms with Gasteiger partial charge in [0.2, 0.25) is 5.91 Å². The second-order valence-electron chi connectivity index (χ2n) is 8.70. The van der Waals surface area contributed by atoms with Crippen LogP contribution in [0.2, 0.25) is 0 Å². The van der Waals surface area contributed by atoms with Crippen molar-refractivity contribution in [2.24, 2.45) is 17.8 Å². The Hall–Kier alpha value is -3.00. The molecule has 162 valence electrons. The van der Waals surface area contributed by atoms with Crippen molar-refractivity contribution in [2.75, 3.05) is 25.0 Å². The van der Waals surface area contributed by atoms with Crippen molar-refractivity contribution in [1.29, 1.82) is 0 Å². The zero-order valence-electron chi connectivity index (χ0n) is 17.7. The predicted octanol–water partition coefficient (Wildman–Crippen LogP) is 2.54. The number of oxazole rings is 1. The van der Waals surface area contributed by atoms with Crippen LogP contribution >= 0.6 is 0 Å². The lowest BCUT2D eigenvalue weighted by molar-refractivity contribution is -0.117. The van der Waals surface area contributed by atoms with Gasteiger partial charge >= 0.3 is 5.76 Å². The summed E-state index contributed by atoms with van der Waals surface area (Å²) in [5, 5.41) is 2.95. The zero-order valence-corrected chi connectivity index (χ0v) is 17.7. The first-order chi connectivity index (χ1) is 15.1. The third-order valence-corrected chi connectivity index (χ3v) is 6.80. The van der Waals surface area contributed by atoms with Gasteiger partial charge in [0.05, 0.1) is 17.8 Å². The van der Waals surface area contributed by atoms with Gasteiger partial charge in [0.25, 0.3) is 0 Å². The van der Waals surface area contributed by atoms with Gasteiger partial charge in [0.15, 0.2) is 5.58 Å². The Labute approximate surface area is 180 Å². The summed E-state index contributed by atoms with van der Waals surface area (Å²) in [6.07, 6.45) is 8.75. The predicted molar refractivity (Wildman–Crippen MR) is 117 cm³/mol. The van der Waals surface area contributed by atoms with Crippen molar-refractivity contribution >= 4 is 22.7 Å². The van der Waals surface area contributed by atoms with Crippen LogP contribution in [0.25, 0.3) is 11.1 Å². The van der Waals surface area contributed by atoms with Gasteiger partial charge in [0.1, 0.15) is 0 Å². The van der Waals surface area contributed by atoms with E-state index in [1.54, 1.807) is 23.0 Å². The second-order valence-corrected chi connectivity index (χ2v) is 8.70. The number of amides is 1. The number of benzene rings is 1. The van der Waals surface area contributed by atoms with E-state index in [2.05, 4.69) is 20.2 Å². The molecule has 1 amide bonds. The van der Waals surface area contributed by atoms with Crippen molar-refractivity contribution in [3.05, 3.63) is 53.0 Å². The lowest BCUT2D eigenvalue weighted by atomic mass is 9.89. The van der Waals surface area contributed by atoms with E-state index in [4.69, 9.17) is 4.42 Å². The first-order valence-corrected chi connectivity index (χ1v) is 11.0. The molecule has 1 aliphatic carbocycles. The van der Waals surface area contributed by atoms with Gasteiger partial charge in [0, 0.05) is 50.0 Å². The fraction of sp³-hybridized carbons (Fsp3) is 0.478. The highest BCUT2D eigenvalue weighted by molar-refractivity contribution is 5.94. The summed E-state index contributed by atoms with van der Waals surface area (Å²) < 4.78 is 6.86. The molecule has 0 unspecified atom stereocenters. The van der Waals surface area contributed by atoms with E-state index in [1.165, 1.54) is 12.8 Å². The Morgan fingerprint density at radius 2 is 2.16 bits per heavy atom. The second kappa shape index (κ2) is 8.26. The molecule has 1 saturated heterocycles. The number of carbonyl (C=O) groups is 1. The summed E-state index contributed by atoms with van der Waals surface area (Å²) in [5.41, 5.74) is 2.94. The smallest absolute Gasteiger partial charge is 0.408 e. The van der Waals surface area contributed by atoms with Crippen molar-refractivity contribution in [2.45, 2.75) is 32.7 Å². The molecule has 8 heteroatoms. The molecule has 3 heterocycles. The van der Waals surface area contributed by atoms with Crippen molar-refractivity contribution < 1.29 is 9.21 Å². The van der Waals surface area contributed by atoms with Gasteiger partial charge in [-0.15, -0.1) is 0 Å². The van der Waals surface area contributed by atoms with Crippen LogP contribution in [0.3, 0.4) is 0 Å². The van der Waals surface area contributed by atoms with Crippen molar-refractivity contribution in [1.82, 2.24) is 19.4 Å². The molecular formula is C23H27N5O3. The number of hydrogen-bond donors (Lipinski definition) is 1. The summed E-state index contributed by atoms with van der Waals surface area (Å²) >= 11 is 0. The molecule has 1 saturated carbocycles. The summed E-state index contributed by atoms with van der Waals surface area (Å²) in [5.74, 6) is 1.48. The van der Waals surface area contributed by atoms with Crippen LogP contribution in [0.15, 0.2) is 46.0 Å². The first kappa shape index (κ1) is 19.9. The maximum absolute atomic E-state index is 12.7. The van der Waals surface area contributed by atoms with E-state index in [1.807, 2.05) is 25.3 Å². The largest absolute Gasteiger partial charge is 0.419 e. The van der Waals surface area contributed by atoms with Crippen LogP contribution in [-0.4, -0.2) is 45.0 Å². The van der Waals surface area contributed by atoms with E-state index in [0.717, 1.165) is 30.7 Å². The van der Waals surface area contributed by atoms with Gasteiger partial charge in [-0.2, -0.15) is 0 Å². The number of likely N-dealkylation sites (tertiary alicyclic amines) is 1. The average Bonchev–Trinajstić information content (AvgIpc) is 3.41. The summed E-state index contributed by atoms with van der Waals surface area (Å²) in [4.78, 5) is 35.4. The minimum absolute atomic E-state index is 0.0397. The highest BCUT2D eigenvalue weighted by Crippen LogP contribution is 2.43. The topological polar surface area (TPSA) is 93.3 Å². The number of rotatable bonds is 6. The normalized spacial score (nSPS) is 23.3. The number of nitrogens with zero attached hydrogens (tertiary/aromatic N) is 4. The van der Waals surface area contributed by atoms with Crippen LogP contribution in [0.4, 0.5) is 5.69 Å². The monoisotopic (exact) mass is 421 g/mol. The first-order valence-electron chi connectivity index (χ1n) is 11.0. The summed E-state index contributed by atoms with van der Waals surface area (Å²) in [6, 6.07) is 5.35. The SMILES string of the molecule is CCn1c(=O)oc2cc(NC(=O)CN3C[C@H]4CC[C@H](Cc5cnccn5)[C@H]4C3)ccc21. The highest BCUT2D eigenvalue weighted by Gasteiger charge is 2.42. The standard InChI is InChI=1S/C23H27N5O3/c1-2-28-20-6-5-17(10-21(20)31-23(28)30)26-22(29)14-27-12-16-4-3-15(19(16)13-27)9-18-11-24-7-8-25-18/h5-8,10-11,15-16,19H,2-4,9,12-14H2,1H3,(H,26,29)/t15-,16-,19-/m1/s1. The molecule has 8 nitrogen and oxygen atoms in total. The van der Waals surface area contributed by atoms with E-state index in [-0.39, 0.29) is 11.7 Å². The summed E-state index contributed by atoms with van der Waals surface area (Å²) in [6.45, 7) is 4.75. The van der Waals surface area contributed by atoms with Crippen molar-refractivity contribution in [3.63, 3.8) is 0 Å². The van der Waals surface area contributed by atoms with Crippen LogP contribution in [0.5, 0.6) is 0 Å². The molecule has 0 radical (unpaired) electrons. The fourth-order valence-corrected chi connectivity index (χ4v) is 5.40. The molecule has 1 N–H and O–H groups in total. The molecule has 31 heavy (non-hydrogen) atoms. The molecule has 1 aromatic carbocycles. The highest BCUT2D eigenvalue weighted by atomic mass is 16.4. The molecule has 2 fully saturated rings. The number of anilines is 1.